The Kier molecular flexibility index (Phi) is 16.6. The highest BCUT2D eigenvalue weighted by atomic mass is 31.2. The molecule has 0 saturated carbocycles. The molecule has 236 valence electrons. The lowest BCUT2D eigenvalue weighted by Gasteiger charge is -2.28. The maximum absolute atomic E-state index is 12.7. The van der Waals surface area contributed by atoms with Gasteiger partial charge in [-0.1, -0.05) is 0 Å². The Morgan fingerprint density at radius 2 is 1.29 bits per heavy atom. The van der Waals surface area contributed by atoms with Crippen molar-refractivity contribution in [2.24, 2.45) is 22.2 Å². The number of aliphatic hydroxyl groups excluding tert-OH is 3. The minimum absolute atomic E-state index is 0.0986. The third kappa shape index (κ3) is 14.7. The van der Waals surface area contributed by atoms with Gasteiger partial charge in [0.15, 0.2) is 5.96 Å². The van der Waals surface area contributed by atoms with Gasteiger partial charge in [0.25, 0.3) is 0 Å². The highest BCUT2D eigenvalue weighted by Crippen LogP contribution is 2.38. The number of carboxylic acids is 1. The Balaban J connectivity index is 5.52. The number of guanidine groups is 1. The van der Waals surface area contributed by atoms with E-state index < -0.39 is 93.6 Å². The molecule has 6 atom stereocenters. The van der Waals surface area contributed by atoms with Crippen LogP contribution in [0.3, 0.4) is 0 Å². The lowest BCUT2D eigenvalue weighted by atomic mass is 10.1. The van der Waals surface area contributed by atoms with Crippen LogP contribution in [0.1, 0.15) is 19.8 Å². The van der Waals surface area contributed by atoms with Gasteiger partial charge in [0.2, 0.25) is 23.6 Å². The minimum Gasteiger partial charge on any atom is -0.480 e. The average molecular weight is 617 g/mol. The number of hydrogen-bond acceptors (Lipinski definition) is 12. The molecule has 0 fully saturated rings. The van der Waals surface area contributed by atoms with E-state index in [1.807, 2.05) is 16.0 Å². The molecule has 0 aromatic rings. The van der Waals surface area contributed by atoms with Crippen LogP contribution in [0.2, 0.25) is 0 Å². The molecule has 0 unspecified atom stereocenters. The Labute approximate surface area is 233 Å². The van der Waals surface area contributed by atoms with E-state index >= 15 is 0 Å². The van der Waals surface area contributed by atoms with Crippen molar-refractivity contribution in [2.45, 2.75) is 56.1 Å². The summed E-state index contributed by atoms with van der Waals surface area (Å²) in [7, 11) is -5.24. The summed E-state index contributed by atoms with van der Waals surface area (Å²) in [6.07, 6.45) is -1.40. The second kappa shape index (κ2) is 18.1. The first-order valence-corrected chi connectivity index (χ1v) is 13.3. The first-order chi connectivity index (χ1) is 19.0. The van der Waals surface area contributed by atoms with Gasteiger partial charge in [-0.05, 0) is 19.8 Å². The molecule has 16 N–H and O–H groups in total. The standard InChI is InChI=1S/C19H37N8O13P/c1-8(40-41(37,38)39)13(17(34)26-12(7-30)18(35)36)27-16(33)11(6-29)25-15(32)10(5-28)24-14(31)9(20)3-2-4-23-19(21)22/h8-13,28-30H,2-7,20H2,1H3,(H,24,31)(H,25,32)(H,26,34)(H,27,33)(H,35,36)(H4,21,22,23)(H2,37,38,39)/t8-,9+,10+,11+,12+,13+/m1/s1. The number of aliphatic imine (C=N–C) groups is 1. The van der Waals surface area contributed by atoms with Gasteiger partial charge in [0.1, 0.15) is 24.2 Å². The number of rotatable bonds is 19. The number of carbonyl (C=O) groups is 5. The van der Waals surface area contributed by atoms with Gasteiger partial charge in [-0.2, -0.15) is 0 Å². The lowest BCUT2D eigenvalue weighted by Crippen LogP contribution is -2.62. The van der Waals surface area contributed by atoms with Crippen molar-refractivity contribution in [3.05, 3.63) is 0 Å². The van der Waals surface area contributed by atoms with Crippen molar-refractivity contribution in [3.8, 4) is 0 Å². The van der Waals surface area contributed by atoms with E-state index in [1.54, 1.807) is 0 Å². The highest BCUT2D eigenvalue weighted by molar-refractivity contribution is 7.46. The molecular formula is C19H37N8O13P. The van der Waals surface area contributed by atoms with E-state index in [1.165, 1.54) is 0 Å². The number of aliphatic hydroxyl groups is 3. The molecule has 22 heteroatoms. The summed E-state index contributed by atoms with van der Waals surface area (Å²) in [6.45, 7) is -2.05. The van der Waals surface area contributed by atoms with Gasteiger partial charge < -0.3 is 68.7 Å². The fourth-order valence-corrected chi connectivity index (χ4v) is 3.52. The fourth-order valence-electron chi connectivity index (χ4n) is 2.96. The summed E-state index contributed by atoms with van der Waals surface area (Å²) in [6, 6.07) is -8.52. The maximum atomic E-state index is 12.7. The Bertz CT molecular complexity index is 990. The molecule has 4 amide bonds. The predicted octanol–water partition coefficient (Wildman–Crippen LogP) is -7.13. The number of carboxylic acid groups (broad SMARTS) is 1. The maximum Gasteiger partial charge on any atom is 0.469 e. The number of phosphoric ester groups is 1. The second-order valence-electron chi connectivity index (χ2n) is 8.41. The van der Waals surface area contributed by atoms with E-state index in [4.69, 9.17) is 37.2 Å². The number of nitrogens with two attached hydrogens (primary N) is 3. The Hall–Kier alpha value is -3.43. The molecule has 0 bridgehead atoms. The molecule has 0 saturated heterocycles. The molecule has 0 aliphatic carbocycles. The van der Waals surface area contributed by atoms with Crippen LogP contribution in [0.5, 0.6) is 0 Å². The Morgan fingerprint density at radius 1 is 0.829 bits per heavy atom. The zero-order valence-corrected chi connectivity index (χ0v) is 22.8. The van der Waals surface area contributed by atoms with Crippen LogP contribution < -0.4 is 38.5 Å². The molecule has 0 aliphatic heterocycles. The SMILES string of the molecule is C[C@@H](OP(=O)(O)O)[C@H](NC(=O)[C@H](CO)NC(=O)[C@H](CO)NC(=O)[C@@H](N)CCCN=C(N)N)C(=O)N[C@@H](CO)C(=O)O. The number of aliphatic carboxylic acids is 1. The number of amides is 4. The van der Waals surface area contributed by atoms with Crippen LogP contribution in [0.4, 0.5) is 0 Å². The molecule has 0 spiro atoms. The van der Waals surface area contributed by atoms with E-state index in [-0.39, 0.29) is 18.9 Å². The van der Waals surface area contributed by atoms with Crippen LogP contribution in [0, 0.1) is 0 Å². The topological polar surface area (TPSA) is 372 Å². The summed E-state index contributed by atoms with van der Waals surface area (Å²) in [5.74, 6) is -6.55. The van der Waals surface area contributed by atoms with Crippen LogP contribution in [0.25, 0.3) is 0 Å². The van der Waals surface area contributed by atoms with Gasteiger partial charge in [-0.3, -0.25) is 28.7 Å². The lowest BCUT2D eigenvalue weighted by molar-refractivity contribution is -0.144. The van der Waals surface area contributed by atoms with Crippen molar-refractivity contribution in [3.63, 3.8) is 0 Å². The van der Waals surface area contributed by atoms with Crippen LogP contribution in [-0.2, 0) is 33.1 Å². The third-order valence-electron chi connectivity index (χ3n) is 5.09. The average Bonchev–Trinajstić information content (AvgIpc) is 2.87. The Morgan fingerprint density at radius 3 is 1.73 bits per heavy atom. The van der Waals surface area contributed by atoms with Gasteiger partial charge >= 0.3 is 13.8 Å². The van der Waals surface area contributed by atoms with Crippen molar-refractivity contribution in [2.75, 3.05) is 26.4 Å². The number of nitrogens with one attached hydrogen (secondary N) is 4. The molecule has 0 aliphatic rings. The number of nitrogens with zero attached hydrogens (tertiary/aromatic N) is 1. The molecule has 0 rings (SSSR count). The van der Waals surface area contributed by atoms with Gasteiger partial charge in [-0.25, -0.2) is 9.36 Å². The molecule has 0 heterocycles. The third-order valence-corrected chi connectivity index (χ3v) is 5.69. The molecular weight excluding hydrogens is 579 g/mol. The van der Waals surface area contributed by atoms with E-state index in [2.05, 4.69) is 14.8 Å². The minimum atomic E-state index is -5.24. The first-order valence-electron chi connectivity index (χ1n) is 11.8. The molecule has 0 aromatic carbocycles. The van der Waals surface area contributed by atoms with Crippen molar-refractivity contribution < 1.29 is 63.3 Å². The van der Waals surface area contributed by atoms with Gasteiger partial charge in [-0.15, -0.1) is 0 Å². The van der Waals surface area contributed by atoms with E-state index in [0.717, 1.165) is 6.92 Å². The quantitative estimate of drug-likeness (QED) is 0.0277. The summed E-state index contributed by atoms with van der Waals surface area (Å²) < 4.78 is 15.6. The molecule has 21 nitrogen and oxygen atoms in total. The van der Waals surface area contributed by atoms with Crippen LogP contribution in [-0.4, -0.2) is 128 Å². The monoisotopic (exact) mass is 616 g/mol. The number of hydrogen-bond donors (Lipinski definition) is 13. The van der Waals surface area contributed by atoms with Crippen LogP contribution in [0.15, 0.2) is 4.99 Å². The zero-order chi connectivity index (χ0) is 31.9. The predicted molar refractivity (Wildman–Crippen MR) is 137 cm³/mol. The van der Waals surface area contributed by atoms with E-state index in [9.17, 15) is 38.8 Å². The summed E-state index contributed by atoms with van der Waals surface area (Å²) in [5.41, 5.74) is 16.1. The van der Waals surface area contributed by atoms with Gasteiger partial charge in [0.05, 0.1) is 32.0 Å². The summed E-state index contributed by atoms with van der Waals surface area (Å²) in [4.78, 5) is 83.1. The number of phosphoric acid groups is 1. The zero-order valence-electron chi connectivity index (χ0n) is 21.9. The summed E-state index contributed by atoms with van der Waals surface area (Å²) in [5, 5.41) is 45.2. The number of carbonyl (C=O) groups excluding carboxylic acids is 4. The first kappa shape index (κ1) is 37.6. The van der Waals surface area contributed by atoms with E-state index in [0.29, 0.717) is 6.42 Å². The van der Waals surface area contributed by atoms with Crippen molar-refractivity contribution in [1.82, 2.24) is 21.3 Å². The van der Waals surface area contributed by atoms with Crippen molar-refractivity contribution >= 4 is 43.4 Å². The fraction of sp³-hybridized carbons (Fsp3) is 0.684. The molecule has 0 radical (unpaired) electrons. The second-order valence-corrected chi connectivity index (χ2v) is 9.60. The highest BCUT2D eigenvalue weighted by Gasteiger charge is 2.36. The summed E-state index contributed by atoms with van der Waals surface area (Å²) >= 11 is 0. The molecule has 41 heavy (non-hydrogen) atoms. The smallest absolute Gasteiger partial charge is 0.469 e. The van der Waals surface area contributed by atoms with Crippen LogP contribution >= 0.6 is 7.82 Å². The largest absolute Gasteiger partial charge is 0.480 e. The van der Waals surface area contributed by atoms with Gasteiger partial charge in [0, 0.05) is 6.54 Å². The normalized spacial score (nSPS) is 15.7. The molecule has 0 aromatic heterocycles. The van der Waals surface area contributed by atoms with Crippen molar-refractivity contribution in [1.29, 1.82) is 0 Å².